The molecular weight excluding hydrogens is 552 g/mol. The summed E-state index contributed by atoms with van der Waals surface area (Å²) in [5, 5.41) is 0. The predicted octanol–water partition coefficient (Wildman–Crippen LogP) is 7.60. The van der Waals surface area contributed by atoms with Crippen molar-refractivity contribution in [2.24, 2.45) is 0 Å². The molecule has 0 N–H and O–H groups in total. The molecule has 0 aliphatic rings. The predicted molar refractivity (Wildman–Crippen MR) is 163 cm³/mol. The summed E-state index contributed by atoms with van der Waals surface area (Å²) in [6.45, 7) is 8.33. The SMILES string of the molecule is CCCCCC(=O)OC[C@H](CSSC[C@@H](COC(=O)CCCCC)OC(=O)CCCCC)OC(=O)CCCCC. The lowest BCUT2D eigenvalue weighted by Gasteiger charge is -2.20. The Morgan fingerprint density at radius 3 is 1.07 bits per heavy atom. The monoisotopic (exact) mass is 606 g/mol. The van der Waals surface area contributed by atoms with Gasteiger partial charge in [0.1, 0.15) is 25.4 Å². The fourth-order valence-electron chi connectivity index (χ4n) is 3.56. The summed E-state index contributed by atoms with van der Waals surface area (Å²) in [6, 6.07) is 0. The molecule has 0 heterocycles. The van der Waals surface area contributed by atoms with Crippen LogP contribution in [0.1, 0.15) is 130 Å². The van der Waals surface area contributed by atoms with Crippen molar-refractivity contribution in [2.75, 3.05) is 24.7 Å². The number of unbranched alkanes of at least 4 members (excludes halogenated alkanes) is 8. The number of carbonyl (C=O) groups is 4. The summed E-state index contributed by atoms with van der Waals surface area (Å²) in [5.74, 6) is -0.316. The average molecular weight is 607 g/mol. The molecular formula is C30H54O8S2. The molecule has 234 valence electrons. The molecule has 0 saturated heterocycles. The summed E-state index contributed by atoms with van der Waals surface area (Å²) < 4.78 is 22.0. The third-order valence-corrected chi connectivity index (χ3v) is 8.48. The van der Waals surface area contributed by atoms with Gasteiger partial charge in [-0.05, 0) is 25.7 Å². The lowest BCUT2D eigenvalue weighted by Crippen LogP contribution is -2.28. The molecule has 0 aliphatic heterocycles. The zero-order chi connectivity index (χ0) is 29.8. The standard InChI is InChI=1S/C30H54O8S2/c1-5-9-13-17-27(31)35-21-25(37-29(33)19-15-11-7-3)23-39-40-24-26(38-30(34)20-16-12-8-4)22-36-28(32)18-14-10-6-2/h25-26H,5-24H2,1-4H3/t25-,26-/m1/s1. The first-order chi connectivity index (χ1) is 19.4. The van der Waals surface area contributed by atoms with Crippen LogP contribution < -0.4 is 0 Å². The highest BCUT2D eigenvalue weighted by atomic mass is 33.1. The number of rotatable bonds is 27. The number of carbonyl (C=O) groups excluding carboxylic acids is 4. The second-order valence-electron chi connectivity index (χ2n) is 9.99. The second-order valence-corrected chi connectivity index (χ2v) is 12.5. The van der Waals surface area contributed by atoms with E-state index in [0.29, 0.717) is 37.2 Å². The van der Waals surface area contributed by atoms with Gasteiger partial charge in [-0.25, -0.2) is 0 Å². The van der Waals surface area contributed by atoms with Crippen molar-refractivity contribution in [3.8, 4) is 0 Å². The van der Waals surface area contributed by atoms with Gasteiger partial charge in [0.05, 0.1) is 0 Å². The van der Waals surface area contributed by atoms with E-state index >= 15 is 0 Å². The van der Waals surface area contributed by atoms with E-state index in [1.165, 1.54) is 21.6 Å². The molecule has 0 unspecified atom stereocenters. The third-order valence-electron chi connectivity index (χ3n) is 5.99. The molecule has 0 fully saturated rings. The zero-order valence-corrected chi connectivity index (χ0v) is 27.0. The van der Waals surface area contributed by atoms with Crippen LogP contribution in [0.5, 0.6) is 0 Å². The van der Waals surface area contributed by atoms with E-state index < -0.39 is 12.2 Å². The Morgan fingerprint density at radius 2 is 0.775 bits per heavy atom. The molecule has 0 aromatic carbocycles. The van der Waals surface area contributed by atoms with Gasteiger partial charge in [-0.1, -0.05) is 101 Å². The number of ether oxygens (including phenoxy) is 4. The van der Waals surface area contributed by atoms with Crippen molar-refractivity contribution in [1.29, 1.82) is 0 Å². The fourth-order valence-corrected chi connectivity index (χ4v) is 5.88. The fraction of sp³-hybridized carbons (Fsp3) is 0.867. The number of esters is 4. The van der Waals surface area contributed by atoms with Crippen LogP contribution in [0.4, 0.5) is 0 Å². The molecule has 0 radical (unpaired) electrons. The van der Waals surface area contributed by atoms with Crippen LogP contribution in [-0.4, -0.2) is 60.8 Å². The maximum absolute atomic E-state index is 12.3. The average Bonchev–Trinajstić information content (AvgIpc) is 2.93. The Bertz CT molecular complexity index is 618. The third kappa shape index (κ3) is 24.4. The minimum Gasteiger partial charge on any atom is -0.462 e. The molecule has 0 amide bonds. The summed E-state index contributed by atoms with van der Waals surface area (Å²) >= 11 is 0. The molecule has 0 rings (SSSR count). The lowest BCUT2D eigenvalue weighted by atomic mass is 10.2. The van der Waals surface area contributed by atoms with Crippen molar-refractivity contribution in [2.45, 2.75) is 143 Å². The van der Waals surface area contributed by atoms with E-state index in [1.807, 2.05) is 0 Å². The van der Waals surface area contributed by atoms with Crippen LogP contribution in [-0.2, 0) is 38.1 Å². The highest BCUT2D eigenvalue weighted by Gasteiger charge is 2.20. The Labute approximate surface area is 250 Å². The van der Waals surface area contributed by atoms with Crippen LogP contribution in [0.2, 0.25) is 0 Å². The quantitative estimate of drug-likeness (QED) is 0.0402. The summed E-state index contributed by atoms with van der Waals surface area (Å²) in [6.07, 6.45) is 11.3. The van der Waals surface area contributed by atoms with Gasteiger partial charge in [0.15, 0.2) is 0 Å². The van der Waals surface area contributed by atoms with E-state index in [9.17, 15) is 19.2 Å². The van der Waals surface area contributed by atoms with Gasteiger partial charge < -0.3 is 18.9 Å². The van der Waals surface area contributed by atoms with Crippen LogP contribution in [0, 0.1) is 0 Å². The Kier molecular flexibility index (Phi) is 26.8. The molecule has 40 heavy (non-hydrogen) atoms. The van der Waals surface area contributed by atoms with E-state index in [0.717, 1.165) is 77.0 Å². The van der Waals surface area contributed by atoms with Gasteiger partial charge in [-0.3, -0.25) is 19.2 Å². The first-order valence-electron chi connectivity index (χ1n) is 15.3. The van der Waals surface area contributed by atoms with E-state index in [2.05, 4.69) is 27.7 Å². The summed E-state index contributed by atoms with van der Waals surface area (Å²) in [5.41, 5.74) is 0. The minimum absolute atomic E-state index is 0.0171. The molecule has 2 atom stereocenters. The van der Waals surface area contributed by atoms with E-state index in [4.69, 9.17) is 18.9 Å². The normalized spacial score (nSPS) is 12.4. The maximum Gasteiger partial charge on any atom is 0.306 e. The highest BCUT2D eigenvalue weighted by molar-refractivity contribution is 8.76. The first-order valence-corrected chi connectivity index (χ1v) is 17.8. The van der Waals surface area contributed by atoms with Crippen molar-refractivity contribution < 1.29 is 38.1 Å². The largest absolute Gasteiger partial charge is 0.462 e. The first kappa shape index (κ1) is 38.6. The number of hydrogen-bond acceptors (Lipinski definition) is 10. The maximum atomic E-state index is 12.3. The number of hydrogen-bond donors (Lipinski definition) is 0. The van der Waals surface area contributed by atoms with Gasteiger partial charge in [-0.2, -0.15) is 0 Å². The van der Waals surface area contributed by atoms with Crippen molar-refractivity contribution in [3.63, 3.8) is 0 Å². The molecule has 0 spiro atoms. The van der Waals surface area contributed by atoms with Crippen molar-refractivity contribution >= 4 is 45.5 Å². The second kappa shape index (κ2) is 27.7. The van der Waals surface area contributed by atoms with Gasteiger partial charge >= 0.3 is 23.9 Å². The summed E-state index contributed by atoms with van der Waals surface area (Å²) in [7, 11) is 2.90. The van der Waals surface area contributed by atoms with E-state index in [-0.39, 0.29) is 37.1 Å². The molecule has 0 aromatic heterocycles. The van der Waals surface area contributed by atoms with Gasteiger partial charge in [-0.15, -0.1) is 0 Å². The Morgan fingerprint density at radius 1 is 0.475 bits per heavy atom. The summed E-state index contributed by atoms with van der Waals surface area (Å²) in [4.78, 5) is 48.8. The molecule has 0 bridgehead atoms. The molecule has 0 aliphatic carbocycles. The smallest absolute Gasteiger partial charge is 0.306 e. The Balaban J connectivity index is 4.86. The zero-order valence-electron chi connectivity index (χ0n) is 25.4. The molecule has 8 nitrogen and oxygen atoms in total. The van der Waals surface area contributed by atoms with Crippen LogP contribution >= 0.6 is 21.6 Å². The Hall–Kier alpha value is -1.42. The van der Waals surface area contributed by atoms with Crippen LogP contribution in [0.15, 0.2) is 0 Å². The van der Waals surface area contributed by atoms with Gasteiger partial charge in [0, 0.05) is 37.2 Å². The lowest BCUT2D eigenvalue weighted by molar-refractivity contribution is -0.157. The minimum atomic E-state index is -0.562. The molecule has 0 aromatic rings. The molecule has 0 saturated carbocycles. The van der Waals surface area contributed by atoms with Crippen molar-refractivity contribution in [1.82, 2.24) is 0 Å². The topological polar surface area (TPSA) is 105 Å². The van der Waals surface area contributed by atoms with Crippen LogP contribution in [0.3, 0.4) is 0 Å². The highest BCUT2D eigenvalue weighted by Crippen LogP contribution is 2.25. The van der Waals surface area contributed by atoms with Gasteiger partial charge in [0.25, 0.3) is 0 Å². The van der Waals surface area contributed by atoms with Crippen molar-refractivity contribution in [3.05, 3.63) is 0 Å². The van der Waals surface area contributed by atoms with E-state index in [1.54, 1.807) is 0 Å². The molecule has 10 heteroatoms. The van der Waals surface area contributed by atoms with Crippen LogP contribution in [0.25, 0.3) is 0 Å². The van der Waals surface area contributed by atoms with Gasteiger partial charge in [0.2, 0.25) is 0 Å².